The van der Waals surface area contributed by atoms with Gasteiger partial charge < -0.3 is 20.3 Å². The van der Waals surface area contributed by atoms with Crippen LogP contribution in [0, 0.1) is 11.3 Å². The van der Waals surface area contributed by atoms with Crippen LogP contribution in [0.4, 0.5) is 23.7 Å². The molecule has 4 N–H and O–H groups in total. The van der Waals surface area contributed by atoms with Gasteiger partial charge in [0.1, 0.15) is 12.3 Å². The van der Waals surface area contributed by atoms with Gasteiger partial charge in [0.2, 0.25) is 5.91 Å². The first-order valence-electron chi connectivity index (χ1n) is 11.0. The molecular weight excluding hydrogens is 457 g/mol. The van der Waals surface area contributed by atoms with E-state index in [9.17, 15) is 27.6 Å². The summed E-state index contributed by atoms with van der Waals surface area (Å²) in [5, 5.41) is 14.0. The first kappa shape index (κ1) is 27.2. The van der Waals surface area contributed by atoms with Crippen molar-refractivity contribution in [1.82, 2.24) is 15.7 Å². The van der Waals surface area contributed by atoms with Gasteiger partial charge >= 0.3 is 12.4 Å². The lowest BCUT2D eigenvalue weighted by Crippen LogP contribution is -2.45. The van der Waals surface area contributed by atoms with Gasteiger partial charge in [0.15, 0.2) is 0 Å². The lowest BCUT2D eigenvalue weighted by atomic mass is 9.88. The molecule has 9 nitrogen and oxygen atoms in total. The molecule has 1 aliphatic rings. The summed E-state index contributed by atoms with van der Waals surface area (Å²) in [4.78, 5) is 38.2. The van der Waals surface area contributed by atoms with Crippen LogP contribution in [0.3, 0.4) is 0 Å². The minimum absolute atomic E-state index is 0.0577. The van der Waals surface area contributed by atoms with E-state index >= 15 is 0 Å². The van der Waals surface area contributed by atoms with Gasteiger partial charge in [-0.05, 0) is 48.4 Å². The second-order valence-electron chi connectivity index (χ2n) is 9.18. The number of ether oxygens (including phenoxy) is 1. The molecule has 1 aromatic carbocycles. The summed E-state index contributed by atoms with van der Waals surface area (Å²) in [7, 11) is 0. The van der Waals surface area contributed by atoms with Gasteiger partial charge in [0.05, 0.1) is 0 Å². The van der Waals surface area contributed by atoms with Crippen molar-refractivity contribution in [2.75, 3.05) is 25.0 Å². The number of nitrogens with one attached hydrogen (secondary N) is 3. The van der Waals surface area contributed by atoms with Crippen molar-refractivity contribution >= 4 is 23.5 Å². The first-order chi connectivity index (χ1) is 15.9. The van der Waals surface area contributed by atoms with Crippen LogP contribution in [0.2, 0.25) is 0 Å². The molecule has 190 valence electrons. The average molecular weight is 489 g/mol. The number of benzene rings is 1. The molecule has 0 aromatic heterocycles. The van der Waals surface area contributed by atoms with Crippen molar-refractivity contribution in [2.45, 2.75) is 52.3 Å². The van der Waals surface area contributed by atoms with E-state index in [4.69, 9.17) is 5.21 Å². The Bertz CT molecular complexity index is 840. The predicted molar refractivity (Wildman–Crippen MR) is 117 cm³/mol. The van der Waals surface area contributed by atoms with E-state index in [0.717, 1.165) is 37.8 Å². The molecule has 0 atom stereocenters. The summed E-state index contributed by atoms with van der Waals surface area (Å²) in [6.07, 6.45) is -0.604. The molecule has 0 unspecified atom stereocenters. The molecule has 0 aliphatic heterocycles. The third-order valence-corrected chi connectivity index (χ3v) is 5.47. The molecule has 1 aromatic rings. The largest absolute Gasteiger partial charge is 0.573 e. The molecule has 1 fully saturated rings. The Kier molecular flexibility index (Phi) is 9.54. The highest BCUT2D eigenvalue weighted by Gasteiger charge is 2.31. The van der Waals surface area contributed by atoms with Crippen molar-refractivity contribution in [3.05, 3.63) is 24.3 Å². The molecule has 0 bridgehead atoms. The zero-order chi connectivity index (χ0) is 25.4. The number of amides is 4. The van der Waals surface area contributed by atoms with Crippen molar-refractivity contribution in [3.63, 3.8) is 0 Å². The fourth-order valence-electron chi connectivity index (χ4n) is 3.79. The van der Waals surface area contributed by atoms with E-state index in [1.54, 1.807) is 19.3 Å². The molecule has 12 heteroatoms. The van der Waals surface area contributed by atoms with Crippen LogP contribution in [0.25, 0.3) is 0 Å². The van der Waals surface area contributed by atoms with Gasteiger partial charge in [-0.1, -0.05) is 26.7 Å². The molecule has 1 aliphatic carbocycles. The highest BCUT2D eigenvalue weighted by molar-refractivity contribution is 5.89. The fraction of sp³-hybridized carbons (Fsp3) is 0.591. The van der Waals surface area contributed by atoms with Crippen LogP contribution in [0.15, 0.2) is 24.3 Å². The number of carbonyl (C=O) groups is 3. The number of halogens is 3. The Hall–Kier alpha value is -3.02. The number of rotatable bonds is 10. The van der Waals surface area contributed by atoms with Gasteiger partial charge in [-0.2, -0.15) is 0 Å². The van der Waals surface area contributed by atoms with Crippen LogP contribution in [0.1, 0.15) is 46.0 Å². The molecular formula is C22H31F3N4O5. The molecule has 1 saturated carbocycles. The highest BCUT2D eigenvalue weighted by atomic mass is 19.4. The SMILES string of the molecule is CC(C)(CNC(=O)Nc1ccc(OC(F)(F)F)cc1)CC(=O)N(CC(=O)NO)CC1CCCC1. The Morgan fingerprint density at radius 3 is 2.29 bits per heavy atom. The van der Waals surface area contributed by atoms with Crippen molar-refractivity contribution in [2.24, 2.45) is 11.3 Å². The number of anilines is 1. The Morgan fingerprint density at radius 2 is 1.74 bits per heavy atom. The van der Waals surface area contributed by atoms with Crippen molar-refractivity contribution < 1.29 is 37.5 Å². The minimum atomic E-state index is -4.80. The number of hydrogen-bond acceptors (Lipinski definition) is 5. The van der Waals surface area contributed by atoms with Crippen molar-refractivity contribution in [1.29, 1.82) is 0 Å². The standard InChI is InChI=1S/C22H31F3N4O5/c1-21(2,11-19(31)29(13-18(30)28-33)12-15-5-3-4-6-15)14-26-20(32)27-16-7-9-17(10-8-16)34-22(23,24)25/h7-10,15,33H,3-6,11-14H2,1-2H3,(H,28,30)(H2,26,27,32). The Labute approximate surface area is 196 Å². The average Bonchev–Trinajstić information content (AvgIpc) is 3.25. The summed E-state index contributed by atoms with van der Waals surface area (Å²) >= 11 is 0. The summed E-state index contributed by atoms with van der Waals surface area (Å²) in [6, 6.07) is 4.10. The quantitative estimate of drug-likeness (QED) is 0.296. The van der Waals surface area contributed by atoms with Gasteiger partial charge in [-0.25, -0.2) is 10.3 Å². The van der Waals surface area contributed by atoms with E-state index in [-0.39, 0.29) is 31.1 Å². The van der Waals surface area contributed by atoms with Gasteiger partial charge in [-0.15, -0.1) is 13.2 Å². The maximum atomic E-state index is 12.9. The minimum Gasteiger partial charge on any atom is -0.406 e. The zero-order valence-corrected chi connectivity index (χ0v) is 19.2. The van der Waals surface area contributed by atoms with Gasteiger partial charge in [0.25, 0.3) is 5.91 Å². The number of nitrogens with zero attached hydrogens (tertiary/aromatic N) is 1. The van der Waals surface area contributed by atoms with Crippen LogP contribution in [-0.4, -0.2) is 53.9 Å². The van der Waals surface area contributed by atoms with E-state index in [1.165, 1.54) is 17.0 Å². The molecule has 4 amide bonds. The maximum Gasteiger partial charge on any atom is 0.573 e. The maximum absolute atomic E-state index is 12.9. The second-order valence-corrected chi connectivity index (χ2v) is 9.18. The lowest BCUT2D eigenvalue weighted by Gasteiger charge is -2.30. The molecule has 0 saturated heterocycles. The van der Waals surface area contributed by atoms with E-state index in [0.29, 0.717) is 12.5 Å². The normalized spacial score (nSPS) is 14.4. The number of carbonyl (C=O) groups excluding carboxylic acids is 3. The summed E-state index contributed by atoms with van der Waals surface area (Å²) in [5.41, 5.74) is 1.17. The summed E-state index contributed by atoms with van der Waals surface area (Å²) in [5.74, 6) is -1.03. The molecule has 0 radical (unpaired) electrons. The van der Waals surface area contributed by atoms with Gasteiger partial charge in [-0.3, -0.25) is 14.8 Å². The third kappa shape index (κ3) is 9.86. The molecule has 0 spiro atoms. The third-order valence-electron chi connectivity index (χ3n) is 5.47. The lowest BCUT2D eigenvalue weighted by molar-refractivity contribution is -0.274. The molecule has 0 heterocycles. The van der Waals surface area contributed by atoms with Crippen molar-refractivity contribution in [3.8, 4) is 5.75 Å². The molecule has 34 heavy (non-hydrogen) atoms. The number of hydrogen-bond donors (Lipinski definition) is 4. The Balaban J connectivity index is 1.86. The first-order valence-corrected chi connectivity index (χ1v) is 11.0. The summed E-state index contributed by atoms with van der Waals surface area (Å²) < 4.78 is 40.5. The number of urea groups is 1. The van der Waals surface area contributed by atoms with Gasteiger partial charge in [0, 0.05) is 25.2 Å². The Morgan fingerprint density at radius 1 is 1.12 bits per heavy atom. The fourth-order valence-corrected chi connectivity index (χ4v) is 3.79. The summed E-state index contributed by atoms with van der Waals surface area (Å²) in [6.45, 7) is 3.89. The second kappa shape index (κ2) is 11.9. The topological polar surface area (TPSA) is 120 Å². The highest BCUT2D eigenvalue weighted by Crippen LogP contribution is 2.27. The number of alkyl halides is 3. The zero-order valence-electron chi connectivity index (χ0n) is 19.2. The monoisotopic (exact) mass is 488 g/mol. The van der Waals surface area contributed by atoms with Crippen LogP contribution >= 0.6 is 0 Å². The number of hydroxylamine groups is 1. The van der Waals surface area contributed by atoms with Crippen LogP contribution < -0.4 is 20.9 Å². The smallest absolute Gasteiger partial charge is 0.406 e. The van der Waals surface area contributed by atoms with Crippen LogP contribution in [-0.2, 0) is 9.59 Å². The van der Waals surface area contributed by atoms with Crippen LogP contribution in [0.5, 0.6) is 5.75 Å². The van der Waals surface area contributed by atoms with E-state index in [2.05, 4.69) is 15.4 Å². The molecule has 2 rings (SSSR count). The van der Waals surface area contributed by atoms with E-state index in [1.807, 2.05) is 0 Å². The van der Waals surface area contributed by atoms with E-state index < -0.39 is 29.5 Å². The predicted octanol–water partition coefficient (Wildman–Crippen LogP) is 3.65.